The summed E-state index contributed by atoms with van der Waals surface area (Å²) in [6.07, 6.45) is 3.88. The molecule has 0 aliphatic heterocycles. The van der Waals surface area contributed by atoms with Crippen molar-refractivity contribution < 1.29 is 0 Å². The molecular formula is C15H13N3. The van der Waals surface area contributed by atoms with E-state index >= 15 is 0 Å². The van der Waals surface area contributed by atoms with Crippen molar-refractivity contribution >= 4 is 5.69 Å². The molecule has 0 amide bonds. The zero-order valence-corrected chi connectivity index (χ0v) is 9.82. The van der Waals surface area contributed by atoms with Gasteiger partial charge >= 0.3 is 0 Å². The molecule has 1 heterocycles. The van der Waals surface area contributed by atoms with Crippen LogP contribution in [0.2, 0.25) is 0 Å². The Bertz CT molecular complexity index is 639. The monoisotopic (exact) mass is 235 g/mol. The number of benzene rings is 2. The summed E-state index contributed by atoms with van der Waals surface area (Å²) in [5, 5.41) is 4.37. The standard InChI is InChI=1S/C15H13N3/c16-14-6-8-15(9-7-14)18-11-13(10-17-18)12-4-2-1-3-5-12/h1-11H,16H2. The molecule has 2 aromatic carbocycles. The van der Waals surface area contributed by atoms with Gasteiger partial charge in [-0.2, -0.15) is 5.10 Å². The lowest BCUT2D eigenvalue weighted by atomic mass is 10.1. The molecule has 1 aromatic heterocycles. The summed E-state index contributed by atoms with van der Waals surface area (Å²) in [5.74, 6) is 0. The van der Waals surface area contributed by atoms with Gasteiger partial charge in [0.2, 0.25) is 0 Å². The summed E-state index contributed by atoms with van der Waals surface area (Å²) in [6, 6.07) is 17.9. The van der Waals surface area contributed by atoms with Gasteiger partial charge in [-0.15, -0.1) is 0 Å². The number of rotatable bonds is 2. The van der Waals surface area contributed by atoms with Gasteiger partial charge in [-0.3, -0.25) is 0 Å². The molecule has 88 valence electrons. The average molecular weight is 235 g/mol. The van der Waals surface area contributed by atoms with Gasteiger partial charge in [0, 0.05) is 17.4 Å². The zero-order valence-electron chi connectivity index (χ0n) is 9.82. The second-order valence-corrected chi connectivity index (χ2v) is 4.13. The largest absolute Gasteiger partial charge is 0.399 e. The van der Waals surface area contributed by atoms with Crippen molar-refractivity contribution in [3.8, 4) is 16.8 Å². The number of nitrogens with zero attached hydrogens (tertiary/aromatic N) is 2. The average Bonchev–Trinajstić information content (AvgIpc) is 2.90. The summed E-state index contributed by atoms with van der Waals surface area (Å²) < 4.78 is 1.85. The minimum atomic E-state index is 0.759. The third-order valence-electron chi connectivity index (χ3n) is 2.85. The minimum Gasteiger partial charge on any atom is -0.399 e. The van der Waals surface area contributed by atoms with Crippen molar-refractivity contribution in [2.24, 2.45) is 0 Å². The summed E-state index contributed by atoms with van der Waals surface area (Å²) in [6.45, 7) is 0. The van der Waals surface area contributed by atoms with Crippen LogP contribution in [0.4, 0.5) is 5.69 Å². The second-order valence-electron chi connectivity index (χ2n) is 4.13. The first-order valence-corrected chi connectivity index (χ1v) is 5.79. The van der Waals surface area contributed by atoms with E-state index in [9.17, 15) is 0 Å². The van der Waals surface area contributed by atoms with Gasteiger partial charge in [0.1, 0.15) is 0 Å². The highest BCUT2D eigenvalue weighted by Gasteiger charge is 2.02. The summed E-state index contributed by atoms with van der Waals surface area (Å²) in [7, 11) is 0. The van der Waals surface area contributed by atoms with Gasteiger partial charge in [0.05, 0.1) is 11.9 Å². The van der Waals surface area contributed by atoms with Crippen LogP contribution in [0.5, 0.6) is 0 Å². The van der Waals surface area contributed by atoms with Crippen molar-refractivity contribution in [3.05, 3.63) is 67.0 Å². The van der Waals surface area contributed by atoms with E-state index in [1.165, 1.54) is 5.56 Å². The molecule has 3 nitrogen and oxygen atoms in total. The Morgan fingerprint density at radius 3 is 2.28 bits per heavy atom. The molecule has 0 atom stereocenters. The molecule has 0 spiro atoms. The van der Waals surface area contributed by atoms with E-state index in [-0.39, 0.29) is 0 Å². The smallest absolute Gasteiger partial charge is 0.0647 e. The summed E-state index contributed by atoms with van der Waals surface area (Å²) in [5.41, 5.74) is 9.71. The first-order chi connectivity index (χ1) is 8.83. The van der Waals surface area contributed by atoms with Gasteiger partial charge in [0.25, 0.3) is 0 Å². The Kier molecular flexibility index (Phi) is 2.57. The van der Waals surface area contributed by atoms with E-state index in [0.29, 0.717) is 0 Å². The maximum atomic E-state index is 5.67. The Hall–Kier alpha value is -2.55. The predicted molar refractivity (Wildman–Crippen MR) is 73.4 cm³/mol. The fourth-order valence-corrected chi connectivity index (χ4v) is 1.87. The lowest BCUT2D eigenvalue weighted by Gasteiger charge is -2.01. The maximum Gasteiger partial charge on any atom is 0.0647 e. The highest BCUT2D eigenvalue weighted by Crippen LogP contribution is 2.19. The molecule has 0 saturated heterocycles. The Morgan fingerprint density at radius 2 is 1.56 bits per heavy atom. The molecule has 2 N–H and O–H groups in total. The minimum absolute atomic E-state index is 0.759. The molecule has 0 aliphatic carbocycles. The number of nitrogens with two attached hydrogens (primary N) is 1. The lowest BCUT2D eigenvalue weighted by Crippen LogP contribution is -1.94. The van der Waals surface area contributed by atoms with Crippen molar-refractivity contribution in [2.45, 2.75) is 0 Å². The van der Waals surface area contributed by atoms with Gasteiger partial charge in [-0.05, 0) is 29.8 Å². The van der Waals surface area contributed by atoms with Crippen molar-refractivity contribution in [3.63, 3.8) is 0 Å². The Morgan fingerprint density at radius 1 is 0.833 bits per heavy atom. The van der Waals surface area contributed by atoms with E-state index in [1.54, 1.807) is 0 Å². The number of hydrogen-bond donors (Lipinski definition) is 1. The summed E-state index contributed by atoms with van der Waals surface area (Å²) >= 11 is 0. The van der Waals surface area contributed by atoms with Crippen LogP contribution in [0, 0.1) is 0 Å². The third-order valence-corrected chi connectivity index (χ3v) is 2.85. The fourth-order valence-electron chi connectivity index (χ4n) is 1.87. The fraction of sp³-hybridized carbons (Fsp3) is 0. The molecule has 0 saturated carbocycles. The highest BCUT2D eigenvalue weighted by molar-refractivity contribution is 5.62. The Balaban J connectivity index is 1.97. The van der Waals surface area contributed by atoms with Crippen molar-refractivity contribution in [1.82, 2.24) is 9.78 Å². The van der Waals surface area contributed by atoms with Crippen molar-refractivity contribution in [1.29, 1.82) is 0 Å². The lowest BCUT2D eigenvalue weighted by molar-refractivity contribution is 0.881. The van der Waals surface area contributed by atoms with E-state index in [4.69, 9.17) is 5.73 Å². The van der Waals surface area contributed by atoms with Gasteiger partial charge in [0.15, 0.2) is 0 Å². The van der Waals surface area contributed by atoms with Crippen LogP contribution in [0.3, 0.4) is 0 Å². The van der Waals surface area contributed by atoms with Gasteiger partial charge < -0.3 is 5.73 Å². The first-order valence-electron chi connectivity index (χ1n) is 5.79. The highest BCUT2D eigenvalue weighted by atomic mass is 15.3. The first kappa shape index (κ1) is 10.6. The van der Waals surface area contributed by atoms with Crippen molar-refractivity contribution in [2.75, 3.05) is 5.73 Å². The molecule has 3 aromatic rings. The molecule has 3 heteroatoms. The summed E-state index contributed by atoms with van der Waals surface area (Å²) in [4.78, 5) is 0. The molecule has 3 rings (SSSR count). The van der Waals surface area contributed by atoms with Crippen LogP contribution in [0.25, 0.3) is 16.8 Å². The van der Waals surface area contributed by atoms with Crippen LogP contribution in [0.15, 0.2) is 67.0 Å². The van der Waals surface area contributed by atoms with Crippen LogP contribution >= 0.6 is 0 Å². The Labute approximate surface area is 105 Å². The number of aromatic nitrogens is 2. The number of anilines is 1. The number of hydrogen-bond acceptors (Lipinski definition) is 2. The molecule has 0 bridgehead atoms. The normalized spacial score (nSPS) is 10.4. The quantitative estimate of drug-likeness (QED) is 0.693. The molecule has 0 radical (unpaired) electrons. The predicted octanol–water partition coefficient (Wildman–Crippen LogP) is 3.12. The topological polar surface area (TPSA) is 43.8 Å². The SMILES string of the molecule is Nc1ccc(-n2cc(-c3ccccc3)cn2)cc1. The zero-order chi connectivity index (χ0) is 12.4. The molecule has 18 heavy (non-hydrogen) atoms. The molecule has 0 fully saturated rings. The third kappa shape index (κ3) is 1.98. The van der Waals surface area contributed by atoms with E-state index < -0.39 is 0 Å². The van der Waals surface area contributed by atoms with E-state index in [0.717, 1.165) is 16.9 Å². The maximum absolute atomic E-state index is 5.67. The van der Waals surface area contributed by atoms with E-state index in [1.807, 2.05) is 59.5 Å². The van der Waals surface area contributed by atoms with Crippen LogP contribution in [-0.2, 0) is 0 Å². The van der Waals surface area contributed by atoms with E-state index in [2.05, 4.69) is 17.2 Å². The molecular weight excluding hydrogens is 222 g/mol. The second kappa shape index (κ2) is 4.37. The molecule has 0 unspecified atom stereocenters. The van der Waals surface area contributed by atoms with Crippen LogP contribution in [0.1, 0.15) is 0 Å². The number of nitrogen functional groups attached to an aromatic ring is 1. The van der Waals surface area contributed by atoms with Crippen LogP contribution < -0.4 is 5.73 Å². The van der Waals surface area contributed by atoms with Gasteiger partial charge in [-0.25, -0.2) is 4.68 Å². The van der Waals surface area contributed by atoms with Gasteiger partial charge in [-0.1, -0.05) is 30.3 Å². The van der Waals surface area contributed by atoms with Crippen LogP contribution in [-0.4, -0.2) is 9.78 Å². The molecule has 0 aliphatic rings.